The van der Waals surface area contributed by atoms with E-state index >= 15 is 0 Å². The van der Waals surface area contributed by atoms with Crippen LogP contribution in [0.2, 0.25) is 0 Å². The second-order valence-electron chi connectivity index (χ2n) is 4.31. The minimum absolute atomic E-state index is 0.306. The van der Waals surface area contributed by atoms with Crippen molar-refractivity contribution in [2.45, 2.75) is 6.54 Å². The van der Waals surface area contributed by atoms with Crippen molar-refractivity contribution in [2.75, 3.05) is 0 Å². The van der Waals surface area contributed by atoms with Crippen LogP contribution < -0.4 is 0 Å². The molecule has 3 aromatic rings. The molecule has 0 aliphatic carbocycles. The number of fused-ring (bicyclic) bond motifs is 1. The number of nitrogens with zero attached hydrogens (tertiary/aromatic N) is 1. The molecule has 1 aromatic heterocycles. The molecule has 0 aliphatic heterocycles. The highest BCUT2D eigenvalue weighted by molar-refractivity contribution is 9.10. The Morgan fingerprint density at radius 2 is 1.78 bits per heavy atom. The third-order valence-corrected chi connectivity index (χ3v) is 3.52. The molecule has 3 rings (SSSR count). The standard InChI is InChI=1S/C15H12BrNO/c16-13-3-6-15-12(9-13)7-8-17(15)10-11-1-4-14(18)5-2-11/h1-9,18H,10H2. The average molecular weight is 302 g/mol. The Morgan fingerprint density at radius 3 is 2.56 bits per heavy atom. The van der Waals surface area contributed by atoms with Gasteiger partial charge < -0.3 is 9.67 Å². The Hall–Kier alpha value is -1.74. The Labute approximate surface area is 114 Å². The van der Waals surface area contributed by atoms with Gasteiger partial charge in [-0.1, -0.05) is 28.1 Å². The molecule has 18 heavy (non-hydrogen) atoms. The van der Waals surface area contributed by atoms with Crippen LogP contribution in [0.25, 0.3) is 10.9 Å². The predicted octanol–water partition coefficient (Wildman–Crippen LogP) is 4.16. The molecule has 3 heteroatoms. The molecule has 2 aromatic carbocycles. The van der Waals surface area contributed by atoms with Gasteiger partial charge in [0.1, 0.15) is 5.75 Å². The number of phenolic OH excluding ortho intramolecular Hbond substituents is 1. The van der Waals surface area contributed by atoms with Gasteiger partial charge in [-0.3, -0.25) is 0 Å². The molecular formula is C15H12BrNO. The summed E-state index contributed by atoms with van der Waals surface area (Å²) in [7, 11) is 0. The highest BCUT2D eigenvalue weighted by Crippen LogP contribution is 2.22. The molecule has 2 nitrogen and oxygen atoms in total. The van der Waals surface area contributed by atoms with Crippen molar-refractivity contribution in [2.24, 2.45) is 0 Å². The highest BCUT2D eigenvalue weighted by Gasteiger charge is 2.02. The van der Waals surface area contributed by atoms with E-state index in [9.17, 15) is 5.11 Å². The summed E-state index contributed by atoms with van der Waals surface area (Å²) in [4.78, 5) is 0. The summed E-state index contributed by atoms with van der Waals surface area (Å²) in [6.45, 7) is 0.811. The first-order valence-electron chi connectivity index (χ1n) is 5.75. The number of aromatic hydroxyl groups is 1. The van der Waals surface area contributed by atoms with Crippen LogP contribution in [0.1, 0.15) is 5.56 Å². The fourth-order valence-electron chi connectivity index (χ4n) is 2.11. The lowest BCUT2D eigenvalue weighted by molar-refractivity contribution is 0.475. The first kappa shape index (κ1) is 11.4. The van der Waals surface area contributed by atoms with Gasteiger partial charge in [-0.2, -0.15) is 0 Å². The summed E-state index contributed by atoms with van der Waals surface area (Å²) in [6.07, 6.45) is 2.09. The summed E-state index contributed by atoms with van der Waals surface area (Å²) in [5, 5.41) is 10.5. The number of hydrogen-bond acceptors (Lipinski definition) is 1. The number of aromatic nitrogens is 1. The normalized spacial score (nSPS) is 10.9. The zero-order valence-electron chi connectivity index (χ0n) is 9.68. The molecule has 1 heterocycles. The quantitative estimate of drug-likeness (QED) is 0.755. The fraction of sp³-hybridized carbons (Fsp3) is 0.0667. The van der Waals surface area contributed by atoms with Gasteiger partial charge in [0.05, 0.1) is 0 Å². The second kappa shape index (κ2) is 4.50. The number of hydrogen-bond donors (Lipinski definition) is 1. The van der Waals surface area contributed by atoms with E-state index in [2.05, 4.69) is 51.0 Å². The van der Waals surface area contributed by atoms with Crippen LogP contribution in [0.5, 0.6) is 5.75 Å². The van der Waals surface area contributed by atoms with Crippen LogP contribution in [0.3, 0.4) is 0 Å². The van der Waals surface area contributed by atoms with Crippen LogP contribution in [0.15, 0.2) is 59.2 Å². The van der Waals surface area contributed by atoms with E-state index < -0.39 is 0 Å². The Kier molecular flexibility index (Phi) is 2.84. The van der Waals surface area contributed by atoms with Gasteiger partial charge in [0.15, 0.2) is 0 Å². The summed E-state index contributed by atoms with van der Waals surface area (Å²) in [5.74, 6) is 0.306. The van der Waals surface area contributed by atoms with Crippen LogP contribution in [0, 0.1) is 0 Å². The fourth-order valence-corrected chi connectivity index (χ4v) is 2.49. The van der Waals surface area contributed by atoms with Crippen molar-refractivity contribution in [3.63, 3.8) is 0 Å². The van der Waals surface area contributed by atoms with E-state index in [1.807, 2.05) is 12.1 Å². The molecule has 1 N–H and O–H groups in total. The maximum atomic E-state index is 9.27. The van der Waals surface area contributed by atoms with Gasteiger partial charge in [-0.05, 0) is 42.0 Å². The molecule has 0 spiro atoms. The lowest BCUT2D eigenvalue weighted by Gasteiger charge is -2.06. The smallest absolute Gasteiger partial charge is 0.115 e. The number of benzene rings is 2. The van der Waals surface area contributed by atoms with Crippen molar-refractivity contribution < 1.29 is 5.11 Å². The minimum Gasteiger partial charge on any atom is -0.508 e. The van der Waals surface area contributed by atoms with Crippen molar-refractivity contribution in [3.05, 3.63) is 64.8 Å². The topological polar surface area (TPSA) is 25.2 Å². The molecule has 0 saturated heterocycles. The summed E-state index contributed by atoms with van der Waals surface area (Å²) < 4.78 is 3.30. The highest BCUT2D eigenvalue weighted by atomic mass is 79.9. The van der Waals surface area contributed by atoms with Crippen molar-refractivity contribution in [1.29, 1.82) is 0 Å². The van der Waals surface area contributed by atoms with Crippen LogP contribution in [0.4, 0.5) is 0 Å². The summed E-state index contributed by atoms with van der Waals surface area (Å²) in [5.41, 5.74) is 2.39. The maximum absolute atomic E-state index is 9.27. The summed E-state index contributed by atoms with van der Waals surface area (Å²) in [6, 6.07) is 15.7. The second-order valence-corrected chi connectivity index (χ2v) is 5.23. The van der Waals surface area contributed by atoms with Gasteiger partial charge >= 0.3 is 0 Å². The average Bonchev–Trinajstić information content (AvgIpc) is 2.74. The molecule has 0 bridgehead atoms. The van der Waals surface area contributed by atoms with Gasteiger partial charge in [0, 0.05) is 28.1 Å². The van der Waals surface area contributed by atoms with Crippen molar-refractivity contribution >= 4 is 26.8 Å². The Bertz CT molecular complexity index is 685. The van der Waals surface area contributed by atoms with Crippen molar-refractivity contribution in [3.8, 4) is 5.75 Å². The lowest BCUT2D eigenvalue weighted by atomic mass is 10.2. The van der Waals surface area contributed by atoms with Gasteiger partial charge in [0.25, 0.3) is 0 Å². The molecule has 0 fully saturated rings. The number of rotatable bonds is 2. The third kappa shape index (κ3) is 2.14. The van der Waals surface area contributed by atoms with Gasteiger partial charge in [-0.25, -0.2) is 0 Å². The Balaban J connectivity index is 1.97. The molecule has 0 saturated carbocycles. The van der Waals surface area contributed by atoms with E-state index in [0.29, 0.717) is 5.75 Å². The third-order valence-electron chi connectivity index (χ3n) is 3.02. The van der Waals surface area contributed by atoms with E-state index in [4.69, 9.17) is 0 Å². The molecule has 0 radical (unpaired) electrons. The van der Waals surface area contributed by atoms with Crippen LogP contribution >= 0.6 is 15.9 Å². The van der Waals surface area contributed by atoms with Crippen LogP contribution in [-0.2, 0) is 6.54 Å². The molecular weight excluding hydrogens is 290 g/mol. The lowest BCUT2D eigenvalue weighted by Crippen LogP contribution is -1.97. The van der Waals surface area contributed by atoms with Crippen LogP contribution in [-0.4, -0.2) is 9.67 Å². The molecule has 0 atom stereocenters. The zero-order valence-corrected chi connectivity index (χ0v) is 11.3. The van der Waals surface area contributed by atoms with Gasteiger partial charge in [0.2, 0.25) is 0 Å². The minimum atomic E-state index is 0.306. The largest absolute Gasteiger partial charge is 0.508 e. The summed E-state index contributed by atoms with van der Waals surface area (Å²) >= 11 is 3.48. The first-order chi connectivity index (χ1) is 8.72. The SMILES string of the molecule is Oc1ccc(Cn2ccc3cc(Br)ccc32)cc1. The van der Waals surface area contributed by atoms with Gasteiger partial charge in [-0.15, -0.1) is 0 Å². The molecule has 0 unspecified atom stereocenters. The number of halogens is 1. The molecule has 0 amide bonds. The first-order valence-corrected chi connectivity index (χ1v) is 6.54. The molecule has 90 valence electrons. The predicted molar refractivity (Wildman–Crippen MR) is 76.8 cm³/mol. The molecule has 0 aliphatic rings. The van der Waals surface area contributed by atoms with Crippen molar-refractivity contribution in [1.82, 2.24) is 4.57 Å². The number of phenols is 1. The zero-order chi connectivity index (χ0) is 12.5. The Morgan fingerprint density at radius 1 is 1.00 bits per heavy atom. The van der Waals surface area contributed by atoms with E-state index in [-0.39, 0.29) is 0 Å². The maximum Gasteiger partial charge on any atom is 0.115 e. The monoisotopic (exact) mass is 301 g/mol. The van der Waals surface area contributed by atoms with E-state index in [1.54, 1.807) is 12.1 Å². The van der Waals surface area contributed by atoms with E-state index in [0.717, 1.165) is 11.0 Å². The van der Waals surface area contributed by atoms with E-state index in [1.165, 1.54) is 16.5 Å².